The van der Waals surface area contributed by atoms with Gasteiger partial charge in [0.1, 0.15) is 12.9 Å². The van der Waals surface area contributed by atoms with Crippen molar-refractivity contribution in [1.29, 1.82) is 0 Å². The Morgan fingerprint density at radius 3 is 2.85 bits per heavy atom. The highest BCUT2D eigenvalue weighted by molar-refractivity contribution is 5.88. The van der Waals surface area contributed by atoms with Gasteiger partial charge in [-0.05, 0) is 6.07 Å². The summed E-state index contributed by atoms with van der Waals surface area (Å²) in [7, 11) is 1.65. The quantitative estimate of drug-likeness (QED) is 0.639. The van der Waals surface area contributed by atoms with Crippen LogP contribution in [0.3, 0.4) is 0 Å². The van der Waals surface area contributed by atoms with Gasteiger partial charge in [-0.3, -0.25) is 14.8 Å². The van der Waals surface area contributed by atoms with Gasteiger partial charge >= 0.3 is 11.7 Å². The second kappa shape index (κ2) is 5.34. The number of carbonyl (C=O) groups is 1. The van der Waals surface area contributed by atoms with Crippen LogP contribution in [0.15, 0.2) is 24.5 Å². The summed E-state index contributed by atoms with van der Waals surface area (Å²) in [5.74, 6) is -0.860. The summed E-state index contributed by atoms with van der Waals surface area (Å²) in [4.78, 5) is 25.0. The van der Waals surface area contributed by atoms with Crippen molar-refractivity contribution < 1.29 is 19.6 Å². The molecule has 104 valence electrons. The average molecular weight is 278 g/mol. The standard InChI is InChI=1S/C11H10N4O5/c1-14-10(12-6-13-14)5-20-9-4-7(11(16)17)2-3-8(9)15(18)19/h2-4,6H,5H2,1H3,(H,16,17). The lowest BCUT2D eigenvalue weighted by molar-refractivity contribution is -0.386. The minimum atomic E-state index is -1.19. The van der Waals surface area contributed by atoms with Gasteiger partial charge in [0.05, 0.1) is 10.5 Å². The lowest BCUT2D eigenvalue weighted by Crippen LogP contribution is -2.06. The van der Waals surface area contributed by atoms with E-state index in [0.717, 1.165) is 18.2 Å². The monoisotopic (exact) mass is 278 g/mol. The molecule has 0 radical (unpaired) electrons. The Bertz CT molecular complexity index is 667. The summed E-state index contributed by atoms with van der Waals surface area (Å²) in [6.07, 6.45) is 1.32. The summed E-state index contributed by atoms with van der Waals surface area (Å²) in [5, 5.41) is 23.6. The van der Waals surface area contributed by atoms with Crippen molar-refractivity contribution in [1.82, 2.24) is 14.8 Å². The fourth-order valence-corrected chi connectivity index (χ4v) is 1.51. The number of nitro benzene ring substituents is 1. The molecule has 0 fully saturated rings. The minimum Gasteiger partial charge on any atom is -0.479 e. The van der Waals surface area contributed by atoms with Gasteiger partial charge in [-0.2, -0.15) is 5.10 Å². The maximum absolute atomic E-state index is 10.9. The van der Waals surface area contributed by atoms with Gasteiger partial charge in [0, 0.05) is 19.2 Å². The predicted molar refractivity (Wildman–Crippen MR) is 65.4 cm³/mol. The maximum Gasteiger partial charge on any atom is 0.335 e. The fourth-order valence-electron chi connectivity index (χ4n) is 1.51. The Hall–Kier alpha value is -2.97. The first-order chi connectivity index (χ1) is 9.49. The van der Waals surface area contributed by atoms with Gasteiger partial charge in [-0.25, -0.2) is 9.78 Å². The first-order valence-corrected chi connectivity index (χ1v) is 5.46. The number of nitrogens with zero attached hydrogens (tertiary/aromatic N) is 4. The zero-order valence-electron chi connectivity index (χ0n) is 10.4. The van der Waals surface area contributed by atoms with Crippen molar-refractivity contribution in [2.24, 2.45) is 7.05 Å². The van der Waals surface area contributed by atoms with E-state index < -0.39 is 10.9 Å². The Labute approximate surface area is 112 Å². The van der Waals surface area contributed by atoms with Crippen LogP contribution in [0.25, 0.3) is 0 Å². The van der Waals surface area contributed by atoms with E-state index in [-0.39, 0.29) is 23.6 Å². The summed E-state index contributed by atoms with van der Waals surface area (Å²) in [5.41, 5.74) is -0.402. The lowest BCUT2D eigenvalue weighted by atomic mass is 10.2. The lowest BCUT2D eigenvalue weighted by Gasteiger charge is -2.07. The van der Waals surface area contributed by atoms with E-state index >= 15 is 0 Å². The number of nitro groups is 1. The Morgan fingerprint density at radius 2 is 2.30 bits per heavy atom. The molecule has 0 spiro atoms. The molecule has 1 N–H and O–H groups in total. The topological polar surface area (TPSA) is 120 Å². The van der Waals surface area contributed by atoms with Crippen LogP contribution in [0.4, 0.5) is 5.69 Å². The van der Waals surface area contributed by atoms with Crippen molar-refractivity contribution in [3.05, 3.63) is 46.0 Å². The van der Waals surface area contributed by atoms with Crippen LogP contribution in [-0.2, 0) is 13.7 Å². The van der Waals surface area contributed by atoms with Crippen LogP contribution < -0.4 is 4.74 Å². The Balaban J connectivity index is 2.28. The maximum atomic E-state index is 10.9. The van der Waals surface area contributed by atoms with Crippen LogP contribution in [0.2, 0.25) is 0 Å². The zero-order valence-corrected chi connectivity index (χ0v) is 10.4. The van der Waals surface area contributed by atoms with E-state index in [0.29, 0.717) is 5.82 Å². The minimum absolute atomic E-state index is 0.0551. The van der Waals surface area contributed by atoms with E-state index in [2.05, 4.69) is 10.1 Å². The SMILES string of the molecule is Cn1ncnc1COc1cc(C(=O)O)ccc1[N+](=O)[O-]. The molecule has 0 aliphatic carbocycles. The molecule has 0 aliphatic heterocycles. The second-order valence-corrected chi connectivity index (χ2v) is 3.83. The smallest absolute Gasteiger partial charge is 0.335 e. The molecule has 2 rings (SSSR count). The third kappa shape index (κ3) is 2.71. The third-order valence-electron chi connectivity index (χ3n) is 2.57. The number of carboxylic acid groups (broad SMARTS) is 1. The van der Waals surface area contributed by atoms with Gasteiger partial charge in [-0.15, -0.1) is 0 Å². The number of aromatic nitrogens is 3. The summed E-state index contributed by atoms with van der Waals surface area (Å²) in [6, 6.07) is 3.35. The van der Waals surface area contributed by atoms with E-state index in [1.54, 1.807) is 7.05 Å². The number of hydrogen-bond donors (Lipinski definition) is 1. The number of aromatic carboxylic acids is 1. The highest BCUT2D eigenvalue weighted by Crippen LogP contribution is 2.28. The number of benzene rings is 1. The van der Waals surface area contributed by atoms with E-state index in [1.807, 2.05) is 0 Å². The number of carboxylic acids is 1. The molecule has 9 nitrogen and oxygen atoms in total. The van der Waals surface area contributed by atoms with Gasteiger partial charge in [0.25, 0.3) is 0 Å². The predicted octanol–water partition coefficient (Wildman–Crippen LogP) is 1.00. The van der Waals surface area contributed by atoms with Crippen LogP contribution in [0.1, 0.15) is 16.2 Å². The molecule has 0 atom stereocenters. The van der Waals surface area contributed by atoms with Crippen molar-refractivity contribution in [3.63, 3.8) is 0 Å². The fraction of sp³-hybridized carbons (Fsp3) is 0.182. The van der Waals surface area contributed by atoms with Crippen molar-refractivity contribution in [2.45, 2.75) is 6.61 Å². The first-order valence-electron chi connectivity index (χ1n) is 5.46. The molecule has 1 heterocycles. The molecule has 0 unspecified atom stereocenters. The number of ether oxygens (including phenoxy) is 1. The Morgan fingerprint density at radius 1 is 1.55 bits per heavy atom. The second-order valence-electron chi connectivity index (χ2n) is 3.83. The summed E-state index contributed by atoms with van der Waals surface area (Å²) >= 11 is 0. The van der Waals surface area contributed by atoms with Gasteiger partial charge in [0.2, 0.25) is 0 Å². The van der Waals surface area contributed by atoms with Crippen LogP contribution >= 0.6 is 0 Å². The molecule has 2 aromatic rings. The molecular formula is C11H10N4O5. The van der Waals surface area contributed by atoms with Crippen molar-refractivity contribution >= 4 is 11.7 Å². The highest BCUT2D eigenvalue weighted by Gasteiger charge is 2.18. The normalized spacial score (nSPS) is 10.2. The van der Waals surface area contributed by atoms with Crippen molar-refractivity contribution in [2.75, 3.05) is 0 Å². The largest absolute Gasteiger partial charge is 0.479 e. The molecule has 20 heavy (non-hydrogen) atoms. The molecule has 0 aliphatic rings. The van der Waals surface area contributed by atoms with E-state index in [4.69, 9.17) is 9.84 Å². The summed E-state index contributed by atoms with van der Waals surface area (Å²) in [6.45, 7) is -0.0551. The van der Waals surface area contributed by atoms with Gasteiger partial charge in [0.15, 0.2) is 11.6 Å². The molecule has 0 saturated carbocycles. The van der Waals surface area contributed by atoms with E-state index in [1.165, 1.54) is 11.0 Å². The molecular weight excluding hydrogens is 268 g/mol. The first kappa shape index (κ1) is 13.5. The molecule has 1 aromatic carbocycles. The van der Waals surface area contributed by atoms with Crippen molar-refractivity contribution in [3.8, 4) is 5.75 Å². The molecule has 0 amide bonds. The van der Waals surface area contributed by atoms with Crippen LogP contribution in [0, 0.1) is 10.1 Å². The average Bonchev–Trinajstić information content (AvgIpc) is 2.81. The van der Waals surface area contributed by atoms with Crippen LogP contribution in [0.5, 0.6) is 5.75 Å². The van der Waals surface area contributed by atoms with Gasteiger partial charge < -0.3 is 9.84 Å². The molecule has 1 aromatic heterocycles. The highest BCUT2D eigenvalue weighted by atomic mass is 16.6. The van der Waals surface area contributed by atoms with Crippen LogP contribution in [-0.4, -0.2) is 30.8 Å². The zero-order chi connectivity index (χ0) is 14.7. The van der Waals surface area contributed by atoms with E-state index in [9.17, 15) is 14.9 Å². The molecule has 0 saturated heterocycles. The number of rotatable bonds is 5. The molecule has 0 bridgehead atoms. The summed E-state index contributed by atoms with van der Waals surface area (Å²) < 4.78 is 6.74. The number of hydrogen-bond acceptors (Lipinski definition) is 6. The van der Waals surface area contributed by atoms with Gasteiger partial charge in [-0.1, -0.05) is 0 Å². The Kier molecular flexibility index (Phi) is 3.60. The third-order valence-corrected chi connectivity index (χ3v) is 2.57. The number of aryl methyl sites for hydroxylation is 1. The molecule has 9 heteroatoms.